The topological polar surface area (TPSA) is 9.23 Å². The van der Waals surface area contributed by atoms with Crippen molar-refractivity contribution < 1.29 is 9.13 Å². The first-order chi connectivity index (χ1) is 13.2. The highest BCUT2D eigenvalue weighted by Gasteiger charge is 2.14. The number of halogens is 1. The minimum absolute atomic E-state index is 0.201. The van der Waals surface area contributed by atoms with E-state index in [9.17, 15) is 4.39 Å². The van der Waals surface area contributed by atoms with Crippen molar-refractivity contribution in [3.8, 4) is 5.75 Å². The Morgan fingerprint density at radius 2 is 2.04 bits per heavy atom. The maximum atomic E-state index is 14.4. The predicted octanol–water partition coefficient (Wildman–Crippen LogP) is 7.48. The first kappa shape index (κ1) is 21.2. The molecule has 0 saturated heterocycles. The molecule has 0 N–H and O–H groups in total. The van der Waals surface area contributed by atoms with Crippen LogP contribution in [-0.2, 0) is 0 Å². The second kappa shape index (κ2) is 11.6. The van der Waals surface area contributed by atoms with Gasteiger partial charge in [0, 0.05) is 12.3 Å². The van der Waals surface area contributed by atoms with Crippen molar-refractivity contribution in [3.05, 3.63) is 84.6 Å². The molecule has 1 aromatic carbocycles. The van der Waals surface area contributed by atoms with Gasteiger partial charge in [-0.05, 0) is 62.6 Å². The molecule has 1 nitrogen and oxygen atoms in total. The molecule has 0 saturated carbocycles. The van der Waals surface area contributed by atoms with Crippen LogP contribution >= 0.6 is 0 Å². The lowest BCUT2D eigenvalue weighted by molar-refractivity contribution is 0.294. The molecule has 1 aromatic rings. The average molecular weight is 368 g/mol. The standard InChI is InChI=1S/C23H28FO.C2H4/c1-18(20-12-6-3-7-13-20)21-14-15-23(22(24)17-21)25-16-8-11-19-9-4-2-5-10-19;1-2/h3,6,9,12-15,17-18H,2,4-5,7-8,10-11,16H2,1H3;1-2H2. The Labute approximate surface area is 164 Å². The highest BCUT2D eigenvalue weighted by molar-refractivity contribution is 5.40. The first-order valence-corrected chi connectivity index (χ1v) is 10.0. The zero-order valence-electron chi connectivity index (χ0n) is 16.6. The zero-order chi connectivity index (χ0) is 19.5. The summed E-state index contributed by atoms with van der Waals surface area (Å²) in [6.07, 6.45) is 18.9. The summed E-state index contributed by atoms with van der Waals surface area (Å²) in [4.78, 5) is 0. The lowest BCUT2D eigenvalue weighted by atomic mass is 9.88. The van der Waals surface area contributed by atoms with E-state index in [2.05, 4.69) is 50.8 Å². The molecular formula is C25H32FO. The molecule has 0 aromatic heterocycles. The van der Waals surface area contributed by atoms with Crippen LogP contribution in [0.4, 0.5) is 4.39 Å². The van der Waals surface area contributed by atoms with E-state index >= 15 is 0 Å². The normalized spacial score (nSPS) is 17.3. The maximum absolute atomic E-state index is 14.4. The van der Waals surface area contributed by atoms with Gasteiger partial charge in [0.15, 0.2) is 11.6 Å². The number of allylic oxidation sites excluding steroid dienone is 6. The van der Waals surface area contributed by atoms with Crippen LogP contribution < -0.4 is 4.74 Å². The van der Waals surface area contributed by atoms with Crippen LogP contribution in [0.3, 0.4) is 0 Å². The summed E-state index contributed by atoms with van der Waals surface area (Å²) < 4.78 is 20.1. The van der Waals surface area contributed by atoms with Crippen LogP contribution in [0, 0.1) is 12.2 Å². The largest absolute Gasteiger partial charge is 0.491 e. The van der Waals surface area contributed by atoms with Gasteiger partial charge >= 0.3 is 0 Å². The van der Waals surface area contributed by atoms with Crippen molar-refractivity contribution in [2.75, 3.05) is 6.61 Å². The van der Waals surface area contributed by atoms with Crippen LogP contribution in [0.25, 0.3) is 0 Å². The summed E-state index contributed by atoms with van der Waals surface area (Å²) >= 11 is 0. The molecule has 145 valence electrons. The molecule has 1 radical (unpaired) electrons. The molecule has 1 unspecified atom stereocenters. The third kappa shape index (κ3) is 6.53. The fourth-order valence-corrected chi connectivity index (χ4v) is 3.56. The van der Waals surface area contributed by atoms with Gasteiger partial charge in [0.2, 0.25) is 0 Å². The van der Waals surface area contributed by atoms with Crippen LogP contribution in [-0.4, -0.2) is 6.61 Å². The molecule has 0 heterocycles. The fourth-order valence-electron chi connectivity index (χ4n) is 3.56. The summed E-state index contributed by atoms with van der Waals surface area (Å²) in [5, 5.41) is 0. The number of ether oxygens (including phenoxy) is 1. The molecule has 3 rings (SSSR count). The summed E-state index contributed by atoms with van der Waals surface area (Å²) in [5.74, 6) is 0.315. The van der Waals surface area contributed by atoms with Crippen LogP contribution in [0.2, 0.25) is 0 Å². The minimum Gasteiger partial charge on any atom is -0.491 e. The van der Waals surface area contributed by atoms with E-state index in [0.717, 1.165) is 24.8 Å². The van der Waals surface area contributed by atoms with Gasteiger partial charge in [-0.1, -0.05) is 48.4 Å². The Morgan fingerprint density at radius 3 is 2.70 bits per heavy atom. The number of hydrogen-bond acceptors (Lipinski definition) is 1. The van der Waals surface area contributed by atoms with Gasteiger partial charge in [0.25, 0.3) is 0 Å². The third-order valence-corrected chi connectivity index (χ3v) is 5.16. The highest BCUT2D eigenvalue weighted by Crippen LogP contribution is 2.31. The van der Waals surface area contributed by atoms with Crippen molar-refractivity contribution in [1.82, 2.24) is 0 Å². The summed E-state index contributed by atoms with van der Waals surface area (Å²) in [5.41, 5.74) is 3.79. The number of hydrogen-bond donors (Lipinski definition) is 0. The summed E-state index contributed by atoms with van der Waals surface area (Å²) in [6, 6.07) is 5.39. The van der Waals surface area contributed by atoms with Gasteiger partial charge in [-0.3, -0.25) is 0 Å². The summed E-state index contributed by atoms with van der Waals surface area (Å²) in [6.45, 7) is 8.70. The Kier molecular flexibility index (Phi) is 9.10. The van der Waals surface area contributed by atoms with Gasteiger partial charge < -0.3 is 4.74 Å². The van der Waals surface area contributed by atoms with Crippen molar-refractivity contribution in [2.24, 2.45) is 0 Å². The van der Waals surface area contributed by atoms with Crippen molar-refractivity contribution >= 4 is 0 Å². The van der Waals surface area contributed by atoms with Gasteiger partial charge in [0.05, 0.1) is 6.61 Å². The van der Waals surface area contributed by atoms with Crippen LogP contribution in [0.5, 0.6) is 5.75 Å². The molecule has 2 aliphatic rings. The fraction of sp³-hybridized carbons (Fsp3) is 0.400. The summed E-state index contributed by atoms with van der Waals surface area (Å²) in [7, 11) is 0. The van der Waals surface area contributed by atoms with E-state index in [4.69, 9.17) is 4.74 Å². The second-order valence-corrected chi connectivity index (χ2v) is 7.01. The van der Waals surface area contributed by atoms with Gasteiger partial charge in [0.1, 0.15) is 0 Å². The van der Waals surface area contributed by atoms with Crippen molar-refractivity contribution in [2.45, 2.75) is 57.8 Å². The quantitative estimate of drug-likeness (QED) is 0.358. The third-order valence-electron chi connectivity index (χ3n) is 5.16. The highest BCUT2D eigenvalue weighted by atomic mass is 19.1. The van der Waals surface area contributed by atoms with E-state index in [1.165, 1.54) is 31.3 Å². The smallest absolute Gasteiger partial charge is 0.165 e. The number of rotatable bonds is 7. The minimum atomic E-state index is -0.256. The van der Waals surface area contributed by atoms with Gasteiger partial charge in [-0.25, -0.2) is 4.39 Å². The van der Waals surface area contributed by atoms with Crippen LogP contribution in [0.1, 0.15) is 63.4 Å². The van der Waals surface area contributed by atoms with E-state index < -0.39 is 0 Å². The molecule has 0 spiro atoms. The Bertz CT molecular complexity index is 684. The van der Waals surface area contributed by atoms with Gasteiger partial charge in [-0.15, -0.1) is 13.2 Å². The van der Waals surface area contributed by atoms with E-state index in [1.807, 2.05) is 6.07 Å². The van der Waals surface area contributed by atoms with E-state index in [0.29, 0.717) is 12.4 Å². The molecule has 0 bridgehead atoms. The Morgan fingerprint density at radius 1 is 1.19 bits per heavy atom. The number of benzene rings is 1. The van der Waals surface area contributed by atoms with E-state index in [-0.39, 0.29) is 11.7 Å². The Hall–Kier alpha value is -2.09. The molecule has 0 fully saturated rings. The second-order valence-electron chi connectivity index (χ2n) is 7.01. The monoisotopic (exact) mass is 367 g/mol. The molecule has 1 atom stereocenters. The molecule has 2 aliphatic carbocycles. The molecule has 27 heavy (non-hydrogen) atoms. The molecule has 0 aliphatic heterocycles. The first-order valence-electron chi connectivity index (χ1n) is 10.0. The molecular weight excluding hydrogens is 335 g/mol. The lowest BCUT2D eigenvalue weighted by Gasteiger charge is -2.18. The maximum Gasteiger partial charge on any atom is 0.165 e. The SMILES string of the molecule is C=C.CC(C1=CCC=C[CH]1)c1ccc(OCCCC2=CCCCC2)c(F)c1. The average Bonchev–Trinajstić information content (AvgIpc) is 2.74. The van der Waals surface area contributed by atoms with E-state index in [1.54, 1.807) is 17.7 Å². The predicted molar refractivity (Wildman–Crippen MR) is 113 cm³/mol. The van der Waals surface area contributed by atoms with Crippen molar-refractivity contribution in [3.63, 3.8) is 0 Å². The zero-order valence-corrected chi connectivity index (χ0v) is 16.6. The molecule has 0 amide bonds. The van der Waals surface area contributed by atoms with Crippen LogP contribution in [0.15, 0.2) is 66.8 Å². The lowest BCUT2D eigenvalue weighted by Crippen LogP contribution is -2.04. The Balaban J connectivity index is 0.00000126. The van der Waals surface area contributed by atoms with Crippen molar-refractivity contribution in [1.29, 1.82) is 0 Å². The molecule has 2 heteroatoms. The van der Waals surface area contributed by atoms with Gasteiger partial charge in [-0.2, -0.15) is 0 Å².